The minimum atomic E-state index is -0.200. The Morgan fingerprint density at radius 1 is 1.30 bits per heavy atom. The molecule has 6 heteroatoms. The van der Waals surface area contributed by atoms with Crippen LogP contribution in [0.2, 0.25) is 5.02 Å². The molecule has 0 radical (unpaired) electrons. The fourth-order valence-corrected chi connectivity index (χ4v) is 2.91. The zero-order chi connectivity index (χ0) is 14.7. The molecule has 2 aromatic carbocycles. The molecule has 0 aliphatic carbocycles. The molecule has 1 N–H and O–H groups in total. The highest BCUT2D eigenvalue weighted by Gasteiger charge is 2.11. The summed E-state index contributed by atoms with van der Waals surface area (Å²) in [6.07, 6.45) is 0. The monoisotopic (exact) mass is 465 g/mol. The normalized spacial score (nSPS) is 10.2. The highest BCUT2D eigenvalue weighted by Crippen LogP contribution is 2.28. The summed E-state index contributed by atoms with van der Waals surface area (Å²) in [4.78, 5) is 12.2. The molecule has 0 aliphatic heterocycles. The van der Waals surface area contributed by atoms with Gasteiger partial charge < -0.3 is 10.1 Å². The largest absolute Gasteiger partial charge is 0.496 e. The maximum Gasteiger partial charge on any atom is 0.256 e. The number of nitrogens with one attached hydrogen (secondary N) is 1. The molecule has 20 heavy (non-hydrogen) atoms. The predicted octanol–water partition coefficient (Wildman–Crippen LogP) is 4.97. The Balaban J connectivity index is 2.23. The van der Waals surface area contributed by atoms with Crippen molar-refractivity contribution in [3.8, 4) is 5.75 Å². The lowest BCUT2D eigenvalue weighted by atomic mass is 10.2. The molecule has 0 spiro atoms. The SMILES string of the molecule is COc1ccc(NC(=O)c2cc(Cl)ccc2I)cc1Br. The molecule has 0 saturated carbocycles. The third-order valence-electron chi connectivity index (χ3n) is 2.58. The van der Waals surface area contributed by atoms with Crippen LogP contribution in [0.5, 0.6) is 5.75 Å². The average Bonchev–Trinajstić information content (AvgIpc) is 2.41. The molecule has 0 unspecified atom stereocenters. The van der Waals surface area contributed by atoms with Gasteiger partial charge in [0.25, 0.3) is 5.91 Å². The average molecular weight is 467 g/mol. The fourth-order valence-electron chi connectivity index (χ4n) is 1.61. The first-order chi connectivity index (χ1) is 9.51. The van der Waals surface area contributed by atoms with E-state index in [1.54, 1.807) is 37.4 Å². The Labute approximate surface area is 143 Å². The van der Waals surface area contributed by atoms with E-state index in [0.29, 0.717) is 22.0 Å². The molecule has 0 aromatic heterocycles. The Bertz CT molecular complexity index is 664. The molecular formula is C14H10BrClINO2. The number of methoxy groups -OCH3 is 1. The number of hydrogen-bond acceptors (Lipinski definition) is 2. The smallest absolute Gasteiger partial charge is 0.256 e. The van der Waals surface area contributed by atoms with Crippen LogP contribution in [0.3, 0.4) is 0 Å². The molecule has 104 valence electrons. The topological polar surface area (TPSA) is 38.3 Å². The molecule has 2 rings (SSSR count). The predicted molar refractivity (Wildman–Crippen MR) is 92.8 cm³/mol. The van der Waals surface area contributed by atoms with Crippen LogP contribution < -0.4 is 10.1 Å². The number of ether oxygens (including phenoxy) is 1. The first kappa shape index (κ1) is 15.6. The highest BCUT2D eigenvalue weighted by molar-refractivity contribution is 14.1. The summed E-state index contributed by atoms with van der Waals surface area (Å²) in [5.41, 5.74) is 1.23. The van der Waals surface area contributed by atoms with Crippen molar-refractivity contribution in [1.82, 2.24) is 0 Å². The molecule has 0 fully saturated rings. The number of rotatable bonds is 3. The van der Waals surface area contributed by atoms with Crippen LogP contribution in [0.1, 0.15) is 10.4 Å². The summed E-state index contributed by atoms with van der Waals surface area (Å²) in [5, 5.41) is 3.36. The maximum absolute atomic E-state index is 12.2. The third kappa shape index (κ3) is 3.65. The quantitative estimate of drug-likeness (QED) is 0.649. The Hall–Kier alpha value is -0.790. The fraction of sp³-hybridized carbons (Fsp3) is 0.0714. The minimum Gasteiger partial charge on any atom is -0.496 e. The summed E-state index contributed by atoms with van der Waals surface area (Å²) in [5.74, 6) is 0.509. The van der Waals surface area contributed by atoms with E-state index < -0.39 is 0 Å². The maximum atomic E-state index is 12.2. The second-order valence-electron chi connectivity index (χ2n) is 3.93. The summed E-state index contributed by atoms with van der Waals surface area (Å²) < 4.78 is 6.77. The lowest BCUT2D eigenvalue weighted by Crippen LogP contribution is -2.13. The van der Waals surface area contributed by atoms with Crippen LogP contribution in [-0.2, 0) is 0 Å². The molecule has 0 saturated heterocycles. The van der Waals surface area contributed by atoms with Gasteiger partial charge in [0.1, 0.15) is 5.75 Å². The van der Waals surface area contributed by atoms with E-state index in [9.17, 15) is 4.79 Å². The standard InChI is InChI=1S/C14H10BrClINO2/c1-20-13-5-3-9(7-11(13)15)18-14(19)10-6-8(16)2-4-12(10)17/h2-7H,1H3,(H,18,19). The second-order valence-corrected chi connectivity index (χ2v) is 6.38. The lowest BCUT2D eigenvalue weighted by molar-refractivity contribution is 0.102. The van der Waals surface area contributed by atoms with E-state index in [1.807, 2.05) is 6.07 Å². The van der Waals surface area contributed by atoms with Crippen molar-refractivity contribution in [2.75, 3.05) is 12.4 Å². The van der Waals surface area contributed by atoms with E-state index in [1.165, 1.54) is 0 Å². The third-order valence-corrected chi connectivity index (χ3v) is 4.38. The molecule has 1 amide bonds. The van der Waals surface area contributed by atoms with E-state index in [4.69, 9.17) is 16.3 Å². The first-order valence-corrected chi connectivity index (χ1v) is 7.86. The lowest BCUT2D eigenvalue weighted by Gasteiger charge is -2.09. The highest BCUT2D eigenvalue weighted by atomic mass is 127. The number of anilines is 1. The summed E-state index contributed by atoms with van der Waals surface area (Å²) >= 11 is 11.4. The Morgan fingerprint density at radius 2 is 2.05 bits per heavy atom. The van der Waals surface area contributed by atoms with Crippen LogP contribution in [0.15, 0.2) is 40.9 Å². The zero-order valence-corrected chi connectivity index (χ0v) is 14.9. The van der Waals surface area contributed by atoms with Crippen molar-refractivity contribution < 1.29 is 9.53 Å². The van der Waals surface area contributed by atoms with Crippen molar-refractivity contribution >= 4 is 61.7 Å². The summed E-state index contributed by atoms with van der Waals surface area (Å²) in [6, 6.07) is 10.6. The molecule has 0 heterocycles. The number of benzene rings is 2. The van der Waals surface area contributed by atoms with Crippen LogP contribution in [-0.4, -0.2) is 13.0 Å². The molecule has 3 nitrogen and oxygen atoms in total. The van der Waals surface area contributed by atoms with Gasteiger partial charge in [-0.2, -0.15) is 0 Å². The van der Waals surface area contributed by atoms with Gasteiger partial charge in [-0.25, -0.2) is 0 Å². The van der Waals surface area contributed by atoms with Crippen LogP contribution in [0.4, 0.5) is 5.69 Å². The minimum absolute atomic E-state index is 0.200. The van der Waals surface area contributed by atoms with Crippen molar-refractivity contribution in [3.05, 3.63) is 55.0 Å². The van der Waals surface area contributed by atoms with Crippen molar-refractivity contribution in [3.63, 3.8) is 0 Å². The van der Waals surface area contributed by atoms with Crippen molar-refractivity contribution in [1.29, 1.82) is 0 Å². The number of amides is 1. The van der Waals surface area contributed by atoms with Crippen LogP contribution in [0.25, 0.3) is 0 Å². The van der Waals surface area contributed by atoms with Crippen LogP contribution >= 0.6 is 50.1 Å². The molecule has 0 atom stereocenters. The second kappa shape index (κ2) is 6.78. The van der Waals surface area contributed by atoms with E-state index in [0.717, 1.165) is 8.04 Å². The van der Waals surface area contributed by atoms with Crippen molar-refractivity contribution in [2.24, 2.45) is 0 Å². The zero-order valence-electron chi connectivity index (χ0n) is 10.4. The van der Waals surface area contributed by atoms with Gasteiger partial charge in [0, 0.05) is 14.3 Å². The Kier molecular flexibility index (Phi) is 5.29. The van der Waals surface area contributed by atoms with Gasteiger partial charge >= 0.3 is 0 Å². The number of hydrogen-bond donors (Lipinski definition) is 1. The molecule has 2 aromatic rings. The van der Waals surface area contributed by atoms with Crippen LogP contribution in [0, 0.1) is 3.57 Å². The molecule has 0 aliphatic rings. The van der Waals surface area contributed by atoms with Gasteiger partial charge in [-0.1, -0.05) is 11.6 Å². The molecule has 0 bridgehead atoms. The number of halogens is 3. The van der Waals surface area contributed by atoms with Gasteiger partial charge in [0.15, 0.2) is 0 Å². The number of carbonyl (C=O) groups is 1. The summed E-state index contributed by atoms with van der Waals surface area (Å²) in [7, 11) is 1.59. The van der Waals surface area contributed by atoms with Gasteiger partial charge in [-0.05, 0) is 74.9 Å². The van der Waals surface area contributed by atoms with Gasteiger partial charge in [-0.3, -0.25) is 4.79 Å². The van der Waals surface area contributed by atoms with Gasteiger partial charge in [0.05, 0.1) is 17.1 Å². The number of carbonyl (C=O) groups excluding carboxylic acids is 1. The Morgan fingerprint density at radius 3 is 2.70 bits per heavy atom. The summed E-state index contributed by atoms with van der Waals surface area (Å²) in [6.45, 7) is 0. The van der Waals surface area contributed by atoms with E-state index >= 15 is 0 Å². The van der Waals surface area contributed by atoms with Gasteiger partial charge in [0.2, 0.25) is 0 Å². The first-order valence-electron chi connectivity index (χ1n) is 5.61. The van der Waals surface area contributed by atoms with E-state index in [-0.39, 0.29) is 5.91 Å². The van der Waals surface area contributed by atoms with E-state index in [2.05, 4.69) is 43.8 Å². The van der Waals surface area contributed by atoms with Gasteiger partial charge in [-0.15, -0.1) is 0 Å². The van der Waals surface area contributed by atoms with Crippen molar-refractivity contribution in [2.45, 2.75) is 0 Å². The molecular weight excluding hydrogens is 456 g/mol.